The monoisotopic (exact) mass is 374 g/mol. The molecule has 0 radical (unpaired) electrons. The SMILES string of the molecule is COc1ccccc1Oc1ccc(N=Cc2ccn(C3CCCCC3)c2)cc1. The molecule has 1 heterocycles. The molecule has 1 saturated carbocycles. The highest BCUT2D eigenvalue weighted by atomic mass is 16.5. The van der Waals surface area contributed by atoms with Crippen LogP contribution in [0.4, 0.5) is 5.69 Å². The van der Waals surface area contributed by atoms with Crippen molar-refractivity contribution in [3.05, 3.63) is 72.6 Å². The highest BCUT2D eigenvalue weighted by Crippen LogP contribution is 2.32. The summed E-state index contributed by atoms with van der Waals surface area (Å²) in [6.45, 7) is 0. The average molecular weight is 374 g/mol. The minimum atomic E-state index is 0.655. The Hall–Kier alpha value is -3.01. The molecule has 3 aromatic rings. The zero-order chi connectivity index (χ0) is 19.2. The van der Waals surface area contributed by atoms with Crippen LogP contribution in [0.5, 0.6) is 17.2 Å². The quantitative estimate of drug-likeness (QED) is 0.459. The summed E-state index contributed by atoms with van der Waals surface area (Å²) in [5.74, 6) is 2.17. The highest BCUT2D eigenvalue weighted by molar-refractivity contribution is 5.81. The van der Waals surface area contributed by atoms with Crippen LogP contribution >= 0.6 is 0 Å². The molecule has 1 aliphatic carbocycles. The van der Waals surface area contributed by atoms with Gasteiger partial charge in [0.1, 0.15) is 5.75 Å². The molecule has 144 valence electrons. The number of nitrogens with zero attached hydrogens (tertiary/aromatic N) is 2. The average Bonchev–Trinajstić information content (AvgIpc) is 3.23. The first kappa shape index (κ1) is 18.4. The fourth-order valence-corrected chi connectivity index (χ4v) is 3.69. The van der Waals surface area contributed by atoms with Gasteiger partial charge in [0.15, 0.2) is 11.5 Å². The number of rotatable bonds is 6. The molecule has 28 heavy (non-hydrogen) atoms. The molecule has 0 N–H and O–H groups in total. The second-order valence-electron chi connectivity index (χ2n) is 7.19. The second kappa shape index (κ2) is 8.79. The Balaban J connectivity index is 1.39. The van der Waals surface area contributed by atoms with Gasteiger partial charge in [-0.15, -0.1) is 0 Å². The third-order valence-electron chi connectivity index (χ3n) is 5.23. The third kappa shape index (κ3) is 4.45. The van der Waals surface area contributed by atoms with E-state index >= 15 is 0 Å². The summed E-state index contributed by atoms with van der Waals surface area (Å²) in [5, 5.41) is 0. The first-order chi connectivity index (χ1) is 13.8. The van der Waals surface area contributed by atoms with E-state index in [4.69, 9.17) is 9.47 Å². The highest BCUT2D eigenvalue weighted by Gasteiger charge is 2.14. The number of hydrogen-bond acceptors (Lipinski definition) is 3. The van der Waals surface area contributed by atoms with Crippen LogP contribution in [-0.2, 0) is 0 Å². The molecule has 4 heteroatoms. The molecule has 2 aromatic carbocycles. The molecule has 0 atom stereocenters. The molecule has 0 aliphatic heterocycles. The Morgan fingerprint density at radius 2 is 1.68 bits per heavy atom. The minimum absolute atomic E-state index is 0.655. The van der Waals surface area contributed by atoms with Crippen molar-refractivity contribution >= 4 is 11.9 Å². The van der Waals surface area contributed by atoms with Crippen molar-refractivity contribution in [1.29, 1.82) is 0 Å². The summed E-state index contributed by atoms with van der Waals surface area (Å²) < 4.78 is 13.6. The van der Waals surface area contributed by atoms with Crippen molar-refractivity contribution in [3.8, 4) is 17.2 Å². The Labute approximate surface area is 166 Å². The van der Waals surface area contributed by atoms with Gasteiger partial charge in [0.05, 0.1) is 12.8 Å². The largest absolute Gasteiger partial charge is 0.493 e. The van der Waals surface area contributed by atoms with Gasteiger partial charge in [-0.25, -0.2) is 0 Å². The molecule has 0 spiro atoms. The second-order valence-corrected chi connectivity index (χ2v) is 7.19. The maximum absolute atomic E-state index is 5.91. The molecule has 4 rings (SSSR count). The Kier molecular flexibility index (Phi) is 5.76. The lowest BCUT2D eigenvalue weighted by Crippen LogP contribution is -2.10. The van der Waals surface area contributed by atoms with Crippen LogP contribution in [0.2, 0.25) is 0 Å². The number of hydrogen-bond donors (Lipinski definition) is 0. The van der Waals surface area contributed by atoms with Crippen LogP contribution in [0.1, 0.15) is 43.7 Å². The van der Waals surface area contributed by atoms with Crippen molar-refractivity contribution in [1.82, 2.24) is 4.57 Å². The van der Waals surface area contributed by atoms with Gasteiger partial charge >= 0.3 is 0 Å². The fraction of sp³-hybridized carbons (Fsp3) is 0.292. The van der Waals surface area contributed by atoms with E-state index in [0.717, 1.165) is 17.0 Å². The Morgan fingerprint density at radius 1 is 0.929 bits per heavy atom. The van der Waals surface area contributed by atoms with Crippen LogP contribution in [0, 0.1) is 0 Å². The predicted octanol–water partition coefficient (Wildman–Crippen LogP) is 6.54. The van der Waals surface area contributed by atoms with E-state index in [1.165, 1.54) is 32.1 Å². The molecule has 4 nitrogen and oxygen atoms in total. The van der Waals surface area contributed by atoms with Crippen LogP contribution in [0.25, 0.3) is 0 Å². The zero-order valence-electron chi connectivity index (χ0n) is 16.3. The Morgan fingerprint density at radius 3 is 2.43 bits per heavy atom. The molecule has 1 aliphatic rings. The van der Waals surface area contributed by atoms with E-state index in [1.54, 1.807) is 7.11 Å². The summed E-state index contributed by atoms with van der Waals surface area (Å²) in [6, 6.07) is 18.2. The minimum Gasteiger partial charge on any atom is -0.493 e. The van der Waals surface area contributed by atoms with Gasteiger partial charge in [-0.2, -0.15) is 0 Å². The normalized spacial score (nSPS) is 15.0. The zero-order valence-corrected chi connectivity index (χ0v) is 16.3. The molecular formula is C24H26N2O2. The van der Waals surface area contributed by atoms with Crippen LogP contribution in [-0.4, -0.2) is 17.9 Å². The van der Waals surface area contributed by atoms with E-state index in [1.807, 2.05) is 54.7 Å². The Bertz CT molecular complexity index is 922. The summed E-state index contributed by atoms with van der Waals surface area (Å²) in [5.41, 5.74) is 2.04. The summed E-state index contributed by atoms with van der Waals surface area (Å²) in [4.78, 5) is 4.60. The lowest BCUT2D eigenvalue weighted by atomic mass is 9.95. The third-order valence-corrected chi connectivity index (χ3v) is 5.23. The van der Waals surface area contributed by atoms with Gasteiger partial charge in [0.25, 0.3) is 0 Å². The summed E-state index contributed by atoms with van der Waals surface area (Å²) in [6.07, 6.45) is 13.0. The number of benzene rings is 2. The molecule has 1 aromatic heterocycles. The molecule has 0 saturated heterocycles. The van der Waals surface area contributed by atoms with Gasteiger partial charge < -0.3 is 14.0 Å². The number of methoxy groups -OCH3 is 1. The maximum atomic E-state index is 5.91. The molecule has 0 unspecified atom stereocenters. The van der Waals surface area contributed by atoms with E-state index in [0.29, 0.717) is 17.5 Å². The van der Waals surface area contributed by atoms with Gasteiger partial charge in [0, 0.05) is 30.2 Å². The van der Waals surface area contributed by atoms with Crippen LogP contribution in [0.3, 0.4) is 0 Å². The number of aliphatic imine (C=N–C) groups is 1. The van der Waals surface area contributed by atoms with E-state index < -0.39 is 0 Å². The standard InChI is InChI=1S/C24H26N2O2/c1-27-23-9-5-6-10-24(23)28-22-13-11-20(12-14-22)25-17-19-15-16-26(18-19)21-7-3-2-4-8-21/h5-6,9-18,21H,2-4,7-8H2,1H3. The molecule has 0 amide bonds. The van der Waals surface area contributed by atoms with Crippen molar-refractivity contribution in [2.75, 3.05) is 7.11 Å². The smallest absolute Gasteiger partial charge is 0.169 e. The molecule has 1 fully saturated rings. The number of ether oxygens (including phenoxy) is 2. The first-order valence-electron chi connectivity index (χ1n) is 9.94. The van der Waals surface area contributed by atoms with Gasteiger partial charge in [-0.05, 0) is 55.3 Å². The molecular weight excluding hydrogens is 348 g/mol. The van der Waals surface area contributed by atoms with Crippen molar-refractivity contribution in [2.45, 2.75) is 38.1 Å². The first-order valence-corrected chi connectivity index (χ1v) is 9.94. The van der Waals surface area contributed by atoms with E-state index in [9.17, 15) is 0 Å². The number of aromatic nitrogens is 1. The van der Waals surface area contributed by atoms with E-state index in [-0.39, 0.29) is 0 Å². The molecule has 0 bridgehead atoms. The van der Waals surface area contributed by atoms with Crippen molar-refractivity contribution < 1.29 is 9.47 Å². The van der Waals surface area contributed by atoms with Crippen LogP contribution in [0.15, 0.2) is 72.0 Å². The summed E-state index contributed by atoms with van der Waals surface area (Å²) >= 11 is 0. The number of para-hydroxylation sites is 2. The predicted molar refractivity (Wildman–Crippen MR) is 113 cm³/mol. The van der Waals surface area contributed by atoms with Gasteiger partial charge in [-0.3, -0.25) is 4.99 Å². The maximum Gasteiger partial charge on any atom is 0.169 e. The van der Waals surface area contributed by atoms with Crippen LogP contribution < -0.4 is 9.47 Å². The van der Waals surface area contributed by atoms with Gasteiger partial charge in [0.2, 0.25) is 0 Å². The van der Waals surface area contributed by atoms with Crippen molar-refractivity contribution in [3.63, 3.8) is 0 Å². The summed E-state index contributed by atoms with van der Waals surface area (Å²) in [7, 11) is 1.64. The van der Waals surface area contributed by atoms with Gasteiger partial charge in [-0.1, -0.05) is 31.4 Å². The topological polar surface area (TPSA) is 35.8 Å². The van der Waals surface area contributed by atoms with E-state index in [2.05, 4.69) is 28.0 Å². The lowest BCUT2D eigenvalue weighted by molar-refractivity contribution is 0.354. The van der Waals surface area contributed by atoms with Crippen molar-refractivity contribution in [2.24, 2.45) is 4.99 Å². The fourth-order valence-electron chi connectivity index (χ4n) is 3.69. The lowest BCUT2D eigenvalue weighted by Gasteiger charge is -2.23.